The molecule has 0 spiro atoms. The van der Waals surface area contributed by atoms with Crippen LogP contribution in [0.4, 0.5) is 26.3 Å². The van der Waals surface area contributed by atoms with Crippen LogP contribution in [-0.4, -0.2) is 77.5 Å². The zero-order valence-electron chi connectivity index (χ0n) is 23.7. The first-order chi connectivity index (χ1) is 21.6. The number of carboxylic acid groups (broad SMARTS) is 2. The number of aromatic nitrogens is 4. The number of carbonyl (C=O) groups is 3. The molecule has 3 N–H and O–H groups in total. The average molecular weight is 653 g/mol. The van der Waals surface area contributed by atoms with E-state index < -0.39 is 24.3 Å². The lowest BCUT2D eigenvalue weighted by Gasteiger charge is -2.27. The van der Waals surface area contributed by atoms with Gasteiger partial charge in [-0.2, -0.15) is 31.4 Å². The number of carboxylic acids is 2. The first-order valence-corrected chi connectivity index (χ1v) is 13.6. The second kappa shape index (κ2) is 13.9. The monoisotopic (exact) mass is 652 g/mol. The van der Waals surface area contributed by atoms with E-state index in [9.17, 15) is 31.1 Å². The maximum Gasteiger partial charge on any atom is 0.490 e. The van der Waals surface area contributed by atoms with E-state index in [1.54, 1.807) is 12.4 Å². The molecule has 1 aliphatic heterocycles. The summed E-state index contributed by atoms with van der Waals surface area (Å²) >= 11 is 0. The predicted octanol–water partition coefficient (Wildman–Crippen LogP) is 4.51. The lowest BCUT2D eigenvalue weighted by molar-refractivity contribution is -0.193. The first-order valence-electron chi connectivity index (χ1n) is 13.6. The molecular weight excluding hydrogens is 626 g/mol. The van der Waals surface area contributed by atoms with Crippen molar-refractivity contribution in [2.45, 2.75) is 50.7 Å². The van der Waals surface area contributed by atoms with E-state index in [0.717, 1.165) is 61.4 Å². The Morgan fingerprint density at radius 1 is 0.913 bits per heavy atom. The number of hydrogen-bond donors (Lipinski definition) is 3. The molecular formula is C29H26F6N6O5. The Balaban J connectivity index is 0.000000289. The highest BCUT2D eigenvalue weighted by atomic mass is 19.4. The van der Waals surface area contributed by atoms with Crippen LogP contribution in [0.5, 0.6) is 0 Å². The van der Waals surface area contributed by atoms with Gasteiger partial charge in [-0.3, -0.25) is 14.7 Å². The third-order valence-electron chi connectivity index (χ3n) is 6.73. The second-order valence-electron chi connectivity index (χ2n) is 10.2. The Morgan fingerprint density at radius 3 is 2.09 bits per heavy atom. The SMILES string of the molecule is O=C(NC1CC1)c1c2c(n3ncc(-c4ccccc4)nc13)CN(Cc1cccnc1)CC2.O=C(O)C(F)(F)F.O=C(O)C(F)(F)F. The van der Waals surface area contributed by atoms with Gasteiger partial charge in [0.05, 0.1) is 23.1 Å². The van der Waals surface area contributed by atoms with Crippen molar-refractivity contribution in [1.82, 2.24) is 29.8 Å². The van der Waals surface area contributed by atoms with Gasteiger partial charge in [0.25, 0.3) is 5.91 Å². The Morgan fingerprint density at radius 2 is 1.54 bits per heavy atom. The Hall–Kier alpha value is -5.06. The van der Waals surface area contributed by atoms with Crippen LogP contribution in [0.1, 0.15) is 40.0 Å². The third kappa shape index (κ3) is 8.77. The average Bonchev–Trinajstić information content (AvgIpc) is 3.76. The largest absolute Gasteiger partial charge is 0.490 e. The summed E-state index contributed by atoms with van der Waals surface area (Å²) in [5.41, 5.74) is 6.44. The molecule has 0 bridgehead atoms. The van der Waals surface area contributed by atoms with Crippen molar-refractivity contribution in [1.29, 1.82) is 0 Å². The van der Waals surface area contributed by atoms with Gasteiger partial charge < -0.3 is 15.5 Å². The zero-order chi connectivity index (χ0) is 33.6. The topological polar surface area (TPSA) is 150 Å². The Labute approximate surface area is 256 Å². The van der Waals surface area contributed by atoms with Crippen molar-refractivity contribution in [2.75, 3.05) is 6.54 Å². The van der Waals surface area contributed by atoms with Gasteiger partial charge in [-0.1, -0.05) is 36.4 Å². The van der Waals surface area contributed by atoms with Crippen LogP contribution in [0, 0.1) is 0 Å². The summed E-state index contributed by atoms with van der Waals surface area (Å²) in [5.74, 6) is -5.54. The van der Waals surface area contributed by atoms with Crippen molar-refractivity contribution in [2.24, 2.45) is 0 Å². The van der Waals surface area contributed by atoms with E-state index in [4.69, 9.17) is 29.9 Å². The van der Waals surface area contributed by atoms with E-state index in [2.05, 4.69) is 21.3 Å². The van der Waals surface area contributed by atoms with Crippen molar-refractivity contribution >= 4 is 23.5 Å². The predicted molar refractivity (Wildman–Crippen MR) is 148 cm³/mol. The minimum Gasteiger partial charge on any atom is -0.475 e. The van der Waals surface area contributed by atoms with Crippen LogP contribution in [0.15, 0.2) is 61.1 Å². The zero-order valence-corrected chi connectivity index (χ0v) is 23.7. The number of halogens is 6. The van der Waals surface area contributed by atoms with E-state index in [-0.39, 0.29) is 5.91 Å². The molecule has 4 heterocycles. The van der Waals surface area contributed by atoms with Crippen molar-refractivity contribution in [3.05, 3.63) is 83.4 Å². The highest BCUT2D eigenvalue weighted by molar-refractivity contribution is 6.02. The van der Waals surface area contributed by atoms with Crippen LogP contribution in [0.2, 0.25) is 0 Å². The number of nitrogens with zero attached hydrogens (tertiary/aromatic N) is 5. The highest BCUT2D eigenvalue weighted by Gasteiger charge is 2.39. The van der Waals surface area contributed by atoms with Crippen molar-refractivity contribution in [3.63, 3.8) is 0 Å². The standard InChI is InChI=1S/C25H24N6O.2C2HF3O2/c32-25(28-19-8-9-19)23-20-10-12-30(15-17-5-4-11-26-13-17)16-22(20)31-24(23)29-21(14-27-31)18-6-2-1-3-7-18;2*3-2(4,5)1(6)7/h1-7,11,13-14,19H,8-10,12,15-16H2,(H,28,32);2*(H,6,7). The lowest BCUT2D eigenvalue weighted by atomic mass is 10.0. The van der Waals surface area contributed by atoms with Crippen LogP contribution >= 0.6 is 0 Å². The van der Waals surface area contributed by atoms with Gasteiger partial charge in [0.1, 0.15) is 0 Å². The molecule has 1 aliphatic carbocycles. The van der Waals surface area contributed by atoms with Gasteiger partial charge in [0, 0.05) is 43.6 Å². The van der Waals surface area contributed by atoms with Crippen LogP contribution in [-0.2, 0) is 29.1 Å². The number of hydrogen-bond acceptors (Lipinski definition) is 7. The molecule has 0 atom stereocenters. The molecule has 0 unspecified atom stereocenters. The van der Waals surface area contributed by atoms with Gasteiger partial charge in [-0.15, -0.1) is 0 Å². The maximum atomic E-state index is 13.2. The minimum absolute atomic E-state index is 0.0218. The molecule has 4 aromatic rings. The van der Waals surface area contributed by atoms with Crippen LogP contribution in [0.25, 0.3) is 16.9 Å². The normalized spacial score (nSPS) is 14.7. The summed E-state index contributed by atoms with van der Waals surface area (Å²) in [6, 6.07) is 14.3. The van der Waals surface area contributed by atoms with E-state index in [0.29, 0.717) is 17.3 Å². The summed E-state index contributed by atoms with van der Waals surface area (Å²) in [6.07, 6.45) is -1.76. The number of nitrogens with one attached hydrogen (secondary N) is 1. The Kier molecular flexibility index (Phi) is 10.2. The summed E-state index contributed by atoms with van der Waals surface area (Å²) in [5, 5.41) is 22.2. The molecule has 6 rings (SSSR count). The quantitative estimate of drug-likeness (QED) is 0.265. The fourth-order valence-corrected chi connectivity index (χ4v) is 4.47. The first kappa shape index (κ1) is 33.8. The Bertz CT molecular complexity index is 1670. The van der Waals surface area contributed by atoms with E-state index in [1.165, 1.54) is 5.56 Å². The number of benzene rings is 1. The molecule has 0 radical (unpaired) electrons. The lowest BCUT2D eigenvalue weighted by Crippen LogP contribution is -2.32. The summed E-state index contributed by atoms with van der Waals surface area (Å²) < 4.78 is 65.3. The third-order valence-corrected chi connectivity index (χ3v) is 6.73. The molecule has 1 aromatic carbocycles. The van der Waals surface area contributed by atoms with Gasteiger partial charge in [-0.25, -0.2) is 19.1 Å². The summed E-state index contributed by atoms with van der Waals surface area (Å²) in [4.78, 5) is 42.6. The molecule has 11 nitrogen and oxygen atoms in total. The smallest absolute Gasteiger partial charge is 0.475 e. The molecule has 1 saturated carbocycles. The van der Waals surface area contributed by atoms with E-state index >= 15 is 0 Å². The van der Waals surface area contributed by atoms with Crippen LogP contribution in [0.3, 0.4) is 0 Å². The summed E-state index contributed by atoms with van der Waals surface area (Å²) in [7, 11) is 0. The number of pyridine rings is 1. The molecule has 3 aromatic heterocycles. The fraction of sp³-hybridized carbons (Fsp3) is 0.310. The van der Waals surface area contributed by atoms with Gasteiger partial charge in [0.2, 0.25) is 0 Å². The molecule has 2 aliphatic rings. The number of amides is 1. The second-order valence-corrected chi connectivity index (χ2v) is 10.2. The molecule has 1 amide bonds. The number of alkyl halides is 6. The maximum absolute atomic E-state index is 13.2. The summed E-state index contributed by atoms with van der Waals surface area (Å²) in [6.45, 7) is 2.43. The number of fused-ring (bicyclic) bond motifs is 3. The van der Waals surface area contributed by atoms with Gasteiger partial charge in [0.15, 0.2) is 5.65 Å². The van der Waals surface area contributed by atoms with E-state index in [1.807, 2.05) is 47.1 Å². The van der Waals surface area contributed by atoms with Crippen molar-refractivity contribution in [3.8, 4) is 11.3 Å². The molecule has 46 heavy (non-hydrogen) atoms. The number of rotatable bonds is 5. The van der Waals surface area contributed by atoms with Gasteiger partial charge >= 0.3 is 24.3 Å². The van der Waals surface area contributed by atoms with Crippen LogP contribution < -0.4 is 5.32 Å². The molecule has 17 heteroatoms. The molecule has 0 saturated heterocycles. The van der Waals surface area contributed by atoms with Crippen molar-refractivity contribution < 1.29 is 50.9 Å². The number of carbonyl (C=O) groups excluding carboxylic acids is 1. The van der Waals surface area contributed by atoms with Gasteiger partial charge in [-0.05, 0) is 36.5 Å². The number of aliphatic carboxylic acids is 2. The minimum atomic E-state index is -5.08. The highest BCUT2D eigenvalue weighted by Crippen LogP contribution is 2.30. The molecule has 244 valence electrons. The fourth-order valence-electron chi connectivity index (χ4n) is 4.47. The molecule has 1 fully saturated rings.